The van der Waals surface area contributed by atoms with Gasteiger partial charge < -0.3 is 9.64 Å². The van der Waals surface area contributed by atoms with Gasteiger partial charge in [-0.3, -0.25) is 9.47 Å². The molecule has 1 amide bonds. The molecular formula is C23H28N6O3. The second kappa shape index (κ2) is 8.38. The minimum atomic E-state index is -0.402. The number of fused-ring (bicyclic) bond motifs is 1. The van der Waals surface area contributed by atoms with Crippen LogP contribution in [0.5, 0.6) is 5.75 Å². The molecule has 0 N–H and O–H groups in total. The number of ether oxygens (including phenoxy) is 1. The van der Waals surface area contributed by atoms with E-state index in [-0.39, 0.29) is 6.03 Å². The Morgan fingerprint density at radius 2 is 1.88 bits per heavy atom. The van der Waals surface area contributed by atoms with Gasteiger partial charge in [-0.1, -0.05) is 25.0 Å². The predicted molar refractivity (Wildman–Crippen MR) is 121 cm³/mol. The van der Waals surface area contributed by atoms with Crippen LogP contribution in [0.4, 0.5) is 4.79 Å². The fourth-order valence-corrected chi connectivity index (χ4v) is 4.89. The Hall–Kier alpha value is -3.20. The van der Waals surface area contributed by atoms with Gasteiger partial charge in [0.1, 0.15) is 11.3 Å². The predicted octanol–water partition coefficient (Wildman–Crippen LogP) is 2.33. The van der Waals surface area contributed by atoms with Gasteiger partial charge >= 0.3 is 11.7 Å². The molecule has 1 aliphatic heterocycles. The molecule has 0 radical (unpaired) electrons. The highest BCUT2D eigenvalue weighted by Gasteiger charge is 2.30. The Kier molecular flexibility index (Phi) is 5.42. The maximum Gasteiger partial charge on any atom is 0.338 e. The van der Waals surface area contributed by atoms with Gasteiger partial charge in [-0.05, 0) is 25.0 Å². The lowest BCUT2D eigenvalue weighted by Gasteiger charge is -2.37. The molecule has 1 aromatic carbocycles. The summed E-state index contributed by atoms with van der Waals surface area (Å²) in [4.78, 5) is 39.6. The average molecular weight is 437 g/mol. The molecule has 1 aliphatic carbocycles. The first-order valence-electron chi connectivity index (χ1n) is 11.2. The van der Waals surface area contributed by atoms with Crippen molar-refractivity contribution < 1.29 is 9.53 Å². The fraction of sp³-hybridized carbons (Fsp3) is 0.478. The summed E-state index contributed by atoms with van der Waals surface area (Å²) in [7, 11) is 3.24. The van der Waals surface area contributed by atoms with E-state index in [2.05, 4.69) is 14.9 Å². The van der Waals surface area contributed by atoms with Crippen molar-refractivity contribution >= 4 is 17.2 Å². The minimum absolute atomic E-state index is 0.301. The van der Waals surface area contributed by atoms with Gasteiger partial charge in [-0.25, -0.2) is 24.1 Å². The Labute approximate surface area is 186 Å². The van der Waals surface area contributed by atoms with Crippen LogP contribution < -0.4 is 10.4 Å². The Balaban J connectivity index is 1.42. The van der Waals surface area contributed by atoms with E-state index in [4.69, 9.17) is 4.74 Å². The molecule has 2 aliphatic rings. The van der Waals surface area contributed by atoms with Crippen molar-refractivity contribution in [2.45, 2.75) is 31.7 Å². The van der Waals surface area contributed by atoms with E-state index in [0.717, 1.165) is 18.7 Å². The number of rotatable bonds is 3. The summed E-state index contributed by atoms with van der Waals surface area (Å²) in [5.74, 6) is 1.17. The number of hydrogen-bond acceptors (Lipinski definition) is 6. The van der Waals surface area contributed by atoms with Gasteiger partial charge in [0.2, 0.25) is 0 Å². The fourth-order valence-electron chi connectivity index (χ4n) is 4.89. The first kappa shape index (κ1) is 20.7. The average Bonchev–Trinajstić information content (AvgIpc) is 3.46. The van der Waals surface area contributed by atoms with Crippen molar-refractivity contribution in [3.8, 4) is 17.1 Å². The largest absolute Gasteiger partial charge is 0.497 e. The third kappa shape index (κ3) is 3.56. The van der Waals surface area contributed by atoms with Gasteiger partial charge in [0, 0.05) is 44.8 Å². The van der Waals surface area contributed by atoms with Crippen molar-refractivity contribution in [2.75, 3.05) is 33.3 Å². The van der Waals surface area contributed by atoms with E-state index in [1.807, 2.05) is 24.3 Å². The lowest BCUT2D eigenvalue weighted by molar-refractivity contribution is 0.110. The number of piperazine rings is 1. The van der Waals surface area contributed by atoms with Crippen LogP contribution >= 0.6 is 0 Å². The zero-order chi connectivity index (χ0) is 22.2. The number of methoxy groups -OCH3 is 1. The molecule has 3 aromatic rings. The van der Waals surface area contributed by atoms with Crippen molar-refractivity contribution in [3.63, 3.8) is 0 Å². The van der Waals surface area contributed by atoms with Gasteiger partial charge in [-0.2, -0.15) is 0 Å². The summed E-state index contributed by atoms with van der Waals surface area (Å²) in [5, 5.41) is 0. The van der Waals surface area contributed by atoms with Crippen molar-refractivity contribution in [2.24, 2.45) is 7.05 Å². The van der Waals surface area contributed by atoms with Crippen LogP contribution in [0.15, 0.2) is 35.3 Å². The first-order valence-corrected chi connectivity index (χ1v) is 11.2. The number of aromatic nitrogens is 4. The van der Waals surface area contributed by atoms with Gasteiger partial charge in [0.05, 0.1) is 13.3 Å². The third-order valence-corrected chi connectivity index (χ3v) is 6.73. The van der Waals surface area contributed by atoms with Gasteiger partial charge in [0.15, 0.2) is 11.5 Å². The second-order valence-electron chi connectivity index (χ2n) is 8.56. The summed E-state index contributed by atoms with van der Waals surface area (Å²) in [6, 6.07) is 7.78. The molecule has 0 spiro atoms. The molecule has 32 heavy (non-hydrogen) atoms. The molecule has 9 heteroatoms. The van der Waals surface area contributed by atoms with E-state index >= 15 is 0 Å². The number of aryl methyl sites for hydroxylation is 1. The number of amides is 1. The van der Waals surface area contributed by atoms with Crippen LogP contribution in [0.1, 0.15) is 25.7 Å². The Bertz CT molecular complexity index is 1200. The molecule has 168 valence electrons. The van der Waals surface area contributed by atoms with Gasteiger partial charge in [-0.15, -0.1) is 0 Å². The maximum atomic E-state index is 13.3. The molecule has 0 bridgehead atoms. The third-order valence-electron chi connectivity index (χ3n) is 6.73. The smallest absolute Gasteiger partial charge is 0.338 e. The van der Waals surface area contributed by atoms with Crippen molar-refractivity contribution in [1.29, 1.82) is 0 Å². The van der Waals surface area contributed by atoms with Crippen LogP contribution in [0.25, 0.3) is 22.6 Å². The zero-order valence-electron chi connectivity index (χ0n) is 18.5. The molecule has 5 rings (SSSR count). The summed E-state index contributed by atoms with van der Waals surface area (Å²) in [5.41, 5.74) is 1.23. The monoisotopic (exact) mass is 436 g/mol. The SMILES string of the molecule is COc1cccc(-c2ncc3c(n2)n(C)c(=O)n3C(=O)N2CCN(C3CCCC3)CC2)c1. The maximum absolute atomic E-state index is 13.3. The quantitative estimate of drug-likeness (QED) is 0.627. The van der Waals surface area contributed by atoms with Crippen LogP contribution in [0.2, 0.25) is 0 Å². The van der Waals surface area contributed by atoms with E-state index in [0.29, 0.717) is 41.9 Å². The lowest BCUT2D eigenvalue weighted by Crippen LogP contribution is -2.53. The number of hydrogen-bond donors (Lipinski definition) is 0. The zero-order valence-corrected chi connectivity index (χ0v) is 18.5. The number of carbonyl (C=O) groups excluding carboxylic acids is 1. The number of benzene rings is 1. The standard InChI is InChI=1S/C23H28N6O3/c1-26-21-19(15-24-20(25-21)16-6-5-9-18(14-16)32-2)29(22(26)30)23(31)28-12-10-27(11-13-28)17-7-3-4-8-17/h5-6,9,14-15,17H,3-4,7-8,10-13H2,1-2H3. The van der Waals surface area contributed by atoms with Crippen LogP contribution in [0, 0.1) is 0 Å². The van der Waals surface area contributed by atoms with Crippen molar-refractivity contribution in [3.05, 3.63) is 40.9 Å². The highest BCUT2D eigenvalue weighted by molar-refractivity contribution is 5.88. The number of carbonyl (C=O) groups is 1. The molecule has 9 nitrogen and oxygen atoms in total. The molecule has 0 unspecified atom stereocenters. The molecule has 1 saturated heterocycles. The minimum Gasteiger partial charge on any atom is -0.497 e. The lowest BCUT2D eigenvalue weighted by atomic mass is 10.2. The van der Waals surface area contributed by atoms with Crippen molar-refractivity contribution in [1.82, 2.24) is 28.9 Å². The summed E-state index contributed by atoms with van der Waals surface area (Å²) in [6.45, 7) is 2.96. The summed E-state index contributed by atoms with van der Waals surface area (Å²) in [6.07, 6.45) is 6.67. The normalized spacial score (nSPS) is 17.9. The molecule has 1 saturated carbocycles. The van der Waals surface area contributed by atoms with E-state index < -0.39 is 5.69 Å². The summed E-state index contributed by atoms with van der Waals surface area (Å²) >= 11 is 0. The first-order chi connectivity index (χ1) is 15.6. The van der Waals surface area contributed by atoms with E-state index in [1.54, 1.807) is 25.3 Å². The summed E-state index contributed by atoms with van der Waals surface area (Å²) < 4.78 is 7.90. The number of nitrogens with zero attached hydrogens (tertiary/aromatic N) is 6. The highest BCUT2D eigenvalue weighted by atomic mass is 16.5. The number of imidazole rings is 1. The van der Waals surface area contributed by atoms with Gasteiger partial charge in [0.25, 0.3) is 0 Å². The van der Waals surface area contributed by atoms with E-state index in [1.165, 1.54) is 34.8 Å². The Morgan fingerprint density at radius 3 is 2.59 bits per heavy atom. The topological polar surface area (TPSA) is 85.5 Å². The highest BCUT2D eigenvalue weighted by Crippen LogP contribution is 2.25. The van der Waals surface area contributed by atoms with Crippen LogP contribution in [0.3, 0.4) is 0 Å². The molecule has 2 aromatic heterocycles. The second-order valence-corrected chi connectivity index (χ2v) is 8.56. The van der Waals surface area contributed by atoms with Crippen LogP contribution in [-0.4, -0.2) is 74.3 Å². The van der Waals surface area contributed by atoms with Crippen LogP contribution in [-0.2, 0) is 7.05 Å². The van der Waals surface area contributed by atoms with E-state index in [9.17, 15) is 9.59 Å². The Morgan fingerprint density at radius 1 is 1.12 bits per heavy atom. The molecule has 3 heterocycles. The molecule has 0 atom stereocenters. The molecular weight excluding hydrogens is 408 g/mol. The molecule has 2 fully saturated rings.